The smallest absolute Gasteiger partial charge is 0.135 e. The fraction of sp³-hybridized carbons (Fsp3) is 0.278. The van der Waals surface area contributed by atoms with Gasteiger partial charge in [-0.25, -0.2) is 0 Å². The lowest BCUT2D eigenvalue weighted by Gasteiger charge is -2.08. The standard InChI is InChI=1S/C18H20O2/c1-14(2)18(19)12-11-15-7-6-10-17(13-15)20-16-8-4-3-5-9-16/h3-10,13-14H,11-12H2,1-2H3. The third-order valence-corrected chi connectivity index (χ3v) is 3.18. The van der Waals surface area contributed by atoms with Crippen LogP contribution in [0.15, 0.2) is 54.6 Å². The summed E-state index contributed by atoms with van der Waals surface area (Å²) in [5, 5.41) is 0. The van der Waals surface area contributed by atoms with Gasteiger partial charge in [0, 0.05) is 12.3 Å². The molecule has 2 nitrogen and oxygen atoms in total. The van der Waals surface area contributed by atoms with Crippen molar-refractivity contribution in [2.24, 2.45) is 5.92 Å². The third kappa shape index (κ3) is 4.23. The van der Waals surface area contributed by atoms with Crippen LogP contribution in [0.25, 0.3) is 0 Å². The van der Waals surface area contributed by atoms with Crippen molar-refractivity contribution in [3.63, 3.8) is 0 Å². The molecule has 2 aromatic rings. The first kappa shape index (κ1) is 14.3. The number of hydrogen-bond donors (Lipinski definition) is 0. The number of benzene rings is 2. The molecule has 0 saturated carbocycles. The van der Waals surface area contributed by atoms with Gasteiger partial charge in [-0.05, 0) is 36.2 Å². The first-order valence-corrected chi connectivity index (χ1v) is 6.99. The van der Waals surface area contributed by atoms with Gasteiger partial charge in [0.2, 0.25) is 0 Å². The molecule has 2 rings (SSSR count). The Bertz CT molecular complexity index is 559. The summed E-state index contributed by atoms with van der Waals surface area (Å²) in [6.45, 7) is 3.88. The second-order valence-electron chi connectivity index (χ2n) is 5.18. The van der Waals surface area contributed by atoms with Gasteiger partial charge in [-0.15, -0.1) is 0 Å². The maximum Gasteiger partial charge on any atom is 0.135 e. The van der Waals surface area contributed by atoms with Gasteiger partial charge < -0.3 is 4.74 Å². The Balaban J connectivity index is 1.99. The lowest BCUT2D eigenvalue weighted by molar-refractivity contribution is -0.121. The van der Waals surface area contributed by atoms with Crippen molar-refractivity contribution in [2.75, 3.05) is 0 Å². The van der Waals surface area contributed by atoms with E-state index in [1.54, 1.807) is 0 Å². The fourth-order valence-electron chi connectivity index (χ4n) is 1.95. The van der Waals surface area contributed by atoms with E-state index in [0.717, 1.165) is 23.5 Å². The molecule has 104 valence electrons. The van der Waals surface area contributed by atoms with Crippen molar-refractivity contribution in [3.8, 4) is 11.5 Å². The summed E-state index contributed by atoms with van der Waals surface area (Å²) in [6.07, 6.45) is 1.36. The molecule has 0 spiro atoms. The van der Waals surface area contributed by atoms with E-state index in [1.807, 2.05) is 68.4 Å². The predicted octanol–water partition coefficient (Wildman–Crippen LogP) is 4.64. The zero-order valence-corrected chi connectivity index (χ0v) is 12.0. The summed E-state index contributed by atoms with van der Waals surface area (Å²) < 4.78 is 5.79. The monoisotopic (exact) mass is 268 g/mol. The number of para-hydroxylation sites is 1. The van der Waals surface area contributed by atoms with Crippen LogP contribution in [-0.2, 0) is 11.2 Å². The molecule has 0 aliphatic carbocycles. The van der Waals surface area contributed by atoms with Gasteiger partial charge in [0.25, 0.3) is 0 Å². The molecule has 0 aliphatic rings. The van der Waals surface area contributed by atoms with E-state index in [4.69, 9.17) is 4.74 Å². The number of hydrogen-bond acceptors (Lipinski definition) is 2. The number of ether oxygens (including phenoxy) is 1. The Morgan fingerprint density at radius 3 is 2.40 bits per heavy atom. The highest BCUT2D eigenvalue weighted by atomic mass is 16.5. The minimum Gasteiger partial charge on any atom is -0.457 e. The Labute approximate surface area is 120 Å². The van der Waals surface area contributed by atoms with Crippen molar-refractivity contribution < 1.29 is 9.53 Å². The number of rotatable bonds is 6. The van der Waals surface area contributed by atoms with Gasteiger partial charge in [0.05, 0.1) is 0 Å². The van der Waals surface area contributed by atoms with Crippen LogP contribution in [0.2, 0.25) is 0 Å². The number of carbonyl (C=O) groups excluding carboxylic acids is 1. The van der Waals surface area contributed by atoms with Crippen LogP contribution < -0.4 is 4.74 Å². The summed E-state index contributed by atoms with van der Waals surface area (Å²) in [5.41, 5.74) is 1.13. The van der Waals surface area contributed by atoms with Crippen LogP contribution in [0.4, 0.5) is 0 Å². The molecule has 0 bridgehead atoms. The molecule has 0 saturated heterocycles. The van der Waals surface area contributed by atoms with Crippen molar-refractivity contribution >= 4 is 5.78 Å². The van der Waals surface area contributed by atoms with E-state index in [2.05, 4.69) is 0 Å². The van der Waals surface area contributed by atoms with E-state index in [1.165, 1.54) is 0 Å². The van der Waals surface area contributed by atoms with Crippen molar-refractivity contribution in [3.05, 3.63) is 60.2 Å². The topological polar surface area (TPSA) is 26.3 Å². The van der Waals surface area contributed by atoms with Crippen molar-refractivity contribution in [2.45, 2.75) is 26.7 Å². The SMILES string of the molecule is CC(C)C(=O)CCc1cccc(Oc2ccccc2)c1. The van der Waals surface area contributed by atoms with Crippen LogP contribution in [0.1, 0.15) is 25.8 Å². The van der Waals surface area contributed by atoms with Crippen molar-refractivity contribution in [1.82, 2.24) is 0 Å². The highest BCUT2D eigenvalue weighted by Gasteiger charge is 2.07. The molecule has 0 heterocycles. The normalized spacial score (nSPS) is 10.6. The van der Waals surface area contributed by atoms with Gasteiger partial charge in [0.15, 0.2) is 0 Å². The van der Waals surface area contributed by atoms with E-state index >= 15 is 0 Å². The van der Waals surface area contributed by atoms with Gasteiger partial charge in [-0.1, -0.05) is 44.2 Å². The van der Waals surface area contributed by atoms with Gasteiger partial charge in [-0.2, -0.15) is 0 Å². The van der Waals surface area contributed by atoms with E-state index in [0.29, 0.717) is 12.2 Å². The molecule has 0 amide bonds. The minimum atomic E-state index is 0.110. The lowest BCUT2D eigenvalue weighted by Crippen LogP contribution is -2.07. The van der Waals surface area contributed by atoms with Gasteiger partial charge in [0.1, 0.15) is 17.3 Å². The molecular formula is C18H20O2. The highest BCUT2D eigenvalue weighted by molar-refractivity contribution is 5.80. The Hall–Kier alpha value is -2.09. The zero-order valence-electron chi connectivity index (χ0n) is 12.0. The number of carbonyl (C=O) groups is 1. The van der Waals surface area contributed by atoms with Crippen LogP contribution in [-0.4, -0.2) is 5.78 Å². The Morgan fingerprint density at radius 1 is 1.00 bits per heavy atom. The maximum atomic E-state index is 11.7. The highest BCUT2D eigenvalue weighted by Crippen LogP contribution is 2.22. The second kappa shape index (κ2) is 6.90. The molecule has 0 fully saturated rings. The molecule has 2 aromatic carbocycles. The van der Waals surface area contributed by atoms with E-state index < -0.39 is 0 Å². The second-order valence-corrected chi connectivity index (χ2v) is 5.18. The average molecular weight is 268 g/mol. The van der Waals surface area contributed by atoms with Crippen LogP contribution in [0, 0.1) is 5.92 Å². The summed E-state index contributed by atoms with van der Waals surface area (Å²) in [5.74, 6) is 2.05. The van der Waals surface area contributed by atoms with Crippen LogP contribution in [0.5, 0.6) is 11.5 Å². The Kier molecular flexibility index (Phi) is 4.94. The van der Waals surface area contributed by atoms with E-state index in [9.17, 15) is 4.79 Å². The molecule has 0 N–H and O–H groups in total. The number of aryl methyl sites for hydroxylation is 1. The first-order chi connectivity index (χ1) is 9.65. The summed E-state index contributed by atoms with van der Waals surface area (Å²) in [4.78, 5) is 11.7. The molecule has 0 atom stereocenters. The van der Waals surface area contributed by atoms with Gasteiger partial charge in [-0.3, -0.25) is 4.79 Å². The molecule has 0 aliphatic heterocycles. The molecule has 2 heteroatoms. The summed E-state index contributed by atoms with van der Waals surface area (Å²) in [7, 11) is 0. The molecule has 0 unspecified atom stereocenters. The maximum absolute atomic E-state index is 11.7. The first-order valence-electron chi connectivity index (χ1n) is 6.99. The fourth-order valence-corrected chi connectivity index (χ4v) is 1.95. The average Bonchev–Trinajstić information content (AvgIpc) is 2.46. The Morgan fingerprint density at radius 2 is 1.70 bits per heavy atom. The third-order valence-electron chi connectivity index (χ3n) is 3.18. The minimum absolute atomic E-state index is 0.110. The summed E-state index contributed by atoms with van der Waals surface area (Å²) >= 11 is 0. The molecule has 20 heavy (non-hydrogen) atoms. The zero-order chi connectivity index (χ0) is 14.4. The van der Waals surface area contributed by atoms with Crippen molar-refractivity contribution in [1.29, 1.82) is 0 Å². The predicted molar refractivity (Wildman–Crippen MR) is 81.1 cm³/mol. The molecular weight excluding hydrogens is 248 g/mol. The largest absolute Gasteiger partial charge is 0.457 e. The van der Waals surface area contributed by atoms with E-state index in [-0.39, 0.29) is 5.92 Å². The lowest BCUT2D eigenvalue weighted by atomic mass is 10.0. The number of ketones is 1. The van der Waals surface area contributed by atoms with Crippen LogP contribution >= 0.6 is 0 Å². The van der Waals surface area contributed by atoms with Gasteiger partial charge >= 0.3 is 0 Å². The number of Topliss-reactive ketones (excluding diaryl/α,β-unsaturated/α-hetero) is 1. The quantitative estimate of drug-likeness (QED) is 0.763. The van der Waals surface area contributed by atoms with Crippen LogP contribution in [0.3, 0.4) is 0 Å². The molecule has 0 aromatic heterocycles. The molecule has 0 radical (unpaired) electrons. The summed E-state index contributed by atoms with van der Waals surface area (Å²) in [6, 6.07) is 17.6.